The third-order valence-corrected chi connectivity index (χ3v) is 4.14. The minimum Gasteiger partial charge on any atom is -0.326 e. The smallest absolute Gasteiger partial charge is 0.326 e. The van der Waals surface area contributed by atoms with Crippen LogP contribution in [-0.2, 0) is 11.0 Å². The van der Waals surface area contributed by atoms with Gasteiger partial charge in [0.15, 0.2) is 0 Å². The van der Waals surface area contributed by atoms with E-state index in [0.29, 0.717) is 6.54 Å². The standard InChI is InChI=1S/C15H19ClF3N3O/c1-21-6-8-22(9-7-21)5-4-14(23)20-11-2-3-13(16)12(10-11)15(17,18)19/h2-3,10H,4-9H2,1H3,(H,20,23). The lowest BCUT2D eigenvalue weighted by Crippen LogP contribution is -2.45. The molecular weight excluding hydrogens is 331 g/mol. The predicted molar refractivity (Wildman–Crippen MR) is 83.6 cm³/mol. The number of benzene rings is 1. The average Bonchev–Trinajstić information content (AvgIpc) is 2.47. The minimum atomic E-state index is -4.54. The van der Waals surface area contributed by atoms with E-state index in [-0.39, 0.29) is 23.0 Å². The average molecular weight is 350 g/mol. The number of carbonyl (C=O) groups is 1. The molecule has 1 aromatic rings. The van der Waals surface area contributed by atoms with Crippen LogP contribution in [0.25, 0.3) is 0 Å². The molecule has 0 aromatic heterocycles. The van der Waals surface area contributed by atoms with E-state index in [4.69, 9.17) is 11.6 Å². The number of nitrogens with one attached hydrogen (secondary N) is 1. The molecule has 1 aliphatic heterocycles. The van der Waals surface area contributed by atoms with Crippen molar-refractivity contribution in [2.75, 3.05) is 45.1 Å². The lowest BCUT2D eigenvalue weighted by Gasteiger charge is -2.32. The maximum Gasteiger partial charge on any atom is 0.417 e. The zero-order valence-electron chi connectivity index (χ0n) is 12.8. The molecule has 1 N–H and O–H groups in total. The number of halogens is 4. The van der Waals surface area contributed by atoms with E-state index in [2.05, 4.69) is 15.1 Å². The molecule has 8 heteroatoms. The van der Waals surface area contributed by atoms with Gasteiger partial charge in [0.05, 0.1) is 10.6 Å². The van der Waals surface area contributed by atoms with E-state index >= 15 is 0 Å². The summed E-state index contributed by atoms with van der Waals surface area (Å²) in [6.07, 6.45) is -4.30. The molecule has 0 atom stereocenters. The highest BCUT2D eigenvalue weighted by Gasteiger charge is 2.33. The third-order valence-electron chi connectivity index (χ3n) is 3.81. The van der Waals surface area contributed by atoms with Crippen molar-refractivity contribution in [3.05, 3.63) is 28.8 Å². The van der Waals surface area contributed by atoms with E-state index in [1.54, 1.807) is 0 Å². The maximum absolute atomic E-state index is 12.8. The molecule has 1 fully saturated rings. The monoisotopic (exact) mass is 349 g/mol. The number of carbonyl (C=O) groups excluding carboxylic acids is 1. The molecule has 128 valence electrons. The number of piperazine rings is 1. The van der Waals surface area contributed by atoms with E-state index in [0.717, 1.165) is 38.3 Å². The Morgan fingerprint density at radius 3 is 2.52 bits per heavy atom. The first kappa shape index (κ1) is 18.0. The molecule has 1 heterocycles. The molecule has 0 aliphatic carbocycles. The van der Waals surface area contributed by atoms with Crippen LogP contribution in [0.3, 0.4) is 0 Å². The Hall–Kier alpha value is -1.31. The minimum absolute atomic E-state index is 0.102. The Bertz CT molecular complexity index is 557. The van der Waals surface area contributed by atoms with Gasteiger partial charge in [-0.05, 0) is 25.2 Å². The van der Waals surface area contributed by atoms with Crippen LogP contribution in [0.2, 0.25) is 5.02 Å². The first-order valence-electron chi connectivity index (χ1n) is 7.33. The number of amides is 1. The summed E-state index contributed by atoms with van der Waals surface area (Å²) in [6, 6.07) is 3.36. The molecule has 0 saturated carbocycles. The Balaban J connectivity index is 1.88. The molecule has 0 radical (unpaired) electrons. The summed E-state index contributed by atoms with van der Waals surface area (Å²) in [5.41, 5.74) is -0.846. The molecule has 0 bridgehead atoms. The van der Waals surface area contributed by atoms with Crippen LogP contribution in [0.15, 0.2) is 18.2 Å². The van der Waals surface area contributed by atoms with E-state index in [1.807, 2.05) is 7.05 Å². The maximum atomic E-state index is 12.8. The molecule has 4 nitrogen and oxygen atoms in total. The van der Waals surface area contributed by atoms with Crippen LogP contribution >= 0.6 is 11.6 Å². The number of likely N-dealkylation sites (N-methyl/N-ethyl adjacent to an activating group) is 1. The highest BCUT2D eigenvalue weighted by molar-refractivity contribution is 6.31. The highest BCUT2D eigenvalue weighted by atomic mass is 35.5. The van der Waals surface area contributed by atoms with Gasteiger partial charge in [-0.15, -0.1) is 0 Å². The second-order valence-electron chi connectivity index (χ2n) is 5.64. The van der Waals surface area contributed by atoms with Crippen molar-refractivity contribution in [1.29, 1.82) is 0 Å². The van der Waals surface area contributed by atoms with Gasteiger partial charge >= 0.3 is 6.18 Å². The van der Waals surface area contributed by atoms with Crippen LogP contribution in [-0.4, -0.2) is 55.5 Å². The van der Waals surface area contributed by atoms with Gasteiger partial charge in [0.25, 0.3) is 0 Å². The summed E-state index contributed by atoms with van der Waals surface area (Å²) < 4.78 is 38.3. The summed E-state index contributed by atoms with van der Waals surface area (Å²) in [7, 11) is 2.04. The molecule has 1 aromatic carbocycles. The van der Waals surface area contributed by atoms with Crippen LogP contribution in [0.5, 0.6) is 0 Å². The van der Waals surface area contributed by atoms with Crippen molar-refractivity contribution in [2.45, 2.75) is 12.6 Å². The quantitative estimate of drug-likeness (QED) is 0.908. The van der Waals surface area contributed by atoms with E-state index in [1.165, 1.54) is 6.07 Å². The Morgan fingerprint density at radius 2 is 1.91 bits per heavy atom. The van der Waals surface area contributed by atoms with Gasteiger partial charge in [0, 0.05) is 44.8 Å². The summed E-state index contributed by atoms with van der Waals surface area (Å²) in [4.78, 5) is 16.3. The number of hydrogen-bond acceptors (Lipinski definition) is 3. The van der Waals surface area contributed by atoms with Gasteiger partial charge in [-0.2, -0.15) is 13.2 Å². The molecule has 0 unspecified atom stereocenters. The largest absolute Gasteiger partial charge is 0.417 e. The fourth-order valence-corrected chi connectivity index (χ4v) is 2.60. The topological polar surface area (TPSA) is 35.6 Å². The lowest BCUT2D eigenvalue weighted by molar-refractivity contribution is -0.137. The summed E-state index contributed by atoms with van der Waals surface area (Å²) in [6.45, 7) is 4.28. The Labute approximate surface area is 138 Å². The zero-order valence-corrected chi connectivity index (χ0v) is 13.5. The Morgan fingerprint density at radius 1 is 1.26 bits per heavy atom. The fourth-order valence-electron chi connectivity index (χ4n) is 2.37. The van der Waals surface area contributed by atoms with Crippen molar-refractivity contribution in [3.63, 3.8) is 0 Å². The molecule has 1 aliphatic rings. The summed E-state index contributed by atoms with van der Waals surface area (Å²) >= 11 is 5.55. The van der Waals surface area contributed by atoms with E-state index in [9.17, 15) is 18.0 Å². The summed E-state index contributed by atoms with van der Waals surface area (Å²) in [5.74, 6) is -0.306. The van der Waals surface area contributed by atoms with Crippen molar-refractivity contribution in [2.24, 2.45) is 0 Å². The number of alkyl halides is 3. The van der Waals surface area contributed by atoms with Crippen LogP contribution in [0.4, 0.5) is 18.9 Å². The van der Waals surface area contributed by atoms with Gasteiger partial charge in [-0.25, -0.2) is 0 Å². The molecule has 1 amide bonds. The zero-order chi connectivity index (χ0) is 17.0. The predicted octanol–water partition coefficient (Wildman–Crippen LogP) is 2.93. The normalized spacial score (nSPS) is 17.3. The van der Waals surface area contributed by atoms with Crippen molar-refractivity contribution in [3.8, 4) is 0 Å². The molecule has 1 saturated heterocycles. The van der Waals surface area contributed by atoms with Gasteiger partial charge in [-0.3, -0.25) is 4.79 Å². The van der Waals surface area contributed by atoms with Crippen LogP contribution in [0.1, 0.15) is 12.0 Å². The van der Waals surface area contributed by atoms with E-state index < -0.39 is 11.7 Å². The third kappa shape index (κ3) is 5.37. The van der Waals surface area contributed by atoms with Crippen LogP contribution in [0, 0.1) is 0 Å². The fraction of sp³-hybridized carbons (Fsp3) is 0.533. The van der Waals surface area contributed by atoms with Gasteiger partial charge in [-0.1, -0.05) is 11.6 Å². The lowest BCUT2D eigenvalue weighted by atomic mass is 10.2. The molecule has 0 spiro atoms. The molecule has 23 heavy (non-hydrogen) atoms. The summed E-state index contributed by atoms with van der Waals surface area (Å²) in [5, 5.41) is 2.11. The number of nitrogens with zero attached hydrogens (tertiary/aromatic N) is 2. The van der Waals surface area contributed by atoms with Gasteiger partial charge in [0.1, 0.15) is 0 Å². The highest BCUT2D eigenvalue weighted by Crippen LogP contribution is 2.36. The second-order valence-corrected chi connectivity index (χ2v) is 6.04. The first-order valence-corrected chi connectivity index (χ1v) is 7.71. The SMILES string of the molecule is CN1CCN(CCC(=O)Nc2ccc(Cl)c(C(F)(F)F)c2)CC1. The first-order chi connectivity index (χ1) is 10.8. The van der Waals surface area contributed by atoms with Crippen molar-refractivity contribution < 1.29 is 18.0 Å². The Kier molecular flexibility index (Phi) is 5.89. The molecule has 2 rings (SSSR count). The van der Waals surface area contributed by atoms with Crippen LogP contribution < -0.4 is 5.32 Å². The number of hydrogen-bond donors (Lipinski definition) is 1. The van der Waals surface area contributed by atoms with Crippen molar-refractivity contribution >= 4 is 23.2 Å². The second kappa shape index (κ2) is 7.51. The van der Waals surface area contributed by atoms with Crippen molar-refractivity contribution in [1.82, 2.24) is 9.80 Å². The van der Waals surface area contributed by atoms with Gasteiger partial charge < -0.3 is 15.1 Å². The molecular formula is C15H19ClF3N3O. The van der Waals surface area contributed by atoms with Gasteiger partial charge in [0.2, 0.25) is 5.91 Å². The number of anilines is 1. The number of rotatable bonds is 4.